The summed E-state index contributed by atoms with van der Waals surface area (Å²) in [4.78, 5) is 0. The lowest BCUT2D eigenvalue weighted by atomic mass is 10.4. The van der Waals surface area contributed by atoms with E-state index in [-0.39, 0.29) is 19.5 Å². The second-order valence-electron chi connectivity index (χ2n) is 3.10. The standard InChI is InChI=1S/C7H22O2Si3/c1-5-6-7-12(4,8-10-2)9-11-3/h5-7,10-11H2,1-4H3. The van der Waals surface area contributed by atoms with Crippen LogP contribution in [0.25, 0.3) is 0 Å². The average molecular weight is 223 g/mol. The molecule has 0 radical (unpaired) electrons. The molecule has 0 aliphatic heterocycles. The highest BCUT2D eigenvalue weighted by atomic mass is 28.4. The summed E-state index contributed by atoms with van der Waals surface area (Å²) in [5.41, 5.74) is 0. The van der Waals surface area contributed by atoms with E-state index in [0.717, 1.165) is 0 Å². The second kappa shape index (κ2) is 7.02. The summed E-state index contributed by atoms with van der Waals surface area (Å²) in [5.74, 6) is 0. The Balaban J connectivity index is 3.80. The van der Waals surface area contributed by atoms with Crippen LogP contribution in [0.3, 0.4) is 0 Å². The molecule has 0 saturated heterocycles. The molecule has 0 aromatic heterocycles. The molecule has 0 aromatic rings. The Morgan fingerprint density at radius 2 is 1.67 bits per heavy atom. The molecule has 74 valence electrons. The summed E-state index contributed by atoms with van der Waals surface area (Å²) < 4.78 is 11.7. The molecule has 0 aliphatic carbocycles. The zero-order chi connectivity index (χ0) is 9.45. The summed E-state index contributed by atoms with van der Waals surface area (Å²) in [5, 5.41) is 0. The van der Waals surface area contributed by atoms with Crippen LogP contribution in [0, 0.1) is 0 Å². The predicted octanol–water partition coefficient (Wildman–Crippen LogP) is 1.16. The van der Waals surface area contributed by atoms with Crippen LogP contribution in [0.15, 0.2) is 0 Å². The van der Waals surface area contributed by atoms with Crippen LogP contribution in [0.1, 0.15) is 19.8 Å². The number of rotatable bonds is 7. The number of hydrogen-bond donors (Lipinski definition) is 0. The van der Waals surface area contributed by atoms with Crippen LogP contribution in [0.2, 0.25) is 25.7 Å². The van der Waals surface area contributed by atoms with E-state index >= 15 is 0 Å². The number of hydrogen-bond acceptors (Lipinski definition) is 2. The van der Waals surface area contributed by atoms with Crippen LogP contribution >= 0.6 is 0 Å². The molecule has 0 fully saturated rings. The van der Waals surface area contributed by atoms with E-state index in [1.165, 1.54) is 18.9 Å². The Morgan fingerprint density at radius 1 is 1.17 bits per heavy atom. The Hall–Kier alpha value is 0.571. The van der Waals surface area contributed by atoms with E-state index in [4.69, 9.17) is 8.23 Å². The summed E-state index contributed by atoms with van der Waals surface area (Å²) in [6, 6.07) is 1.20. The predicted molar refractivity (Wildman–Crippen MR) is 62.3 cm³/mol. The highest BCUT2D eigenvalue weighted by molar-refractivity contribution is 6.74. The van der Waals surface area contributed by atoms with E-state index < -0.39 is 8.56 Å². The maximum absolute atomic E-state index is 5.86. The van der Waals surface area contributed by atoms with Crippen molar-refractivity contribution in [2.24, 2.45) is 0 Å². The van der Waals surface area contributed by atoms with Crippen LogP contribution in [-0.4, -0.2) is 28.1 Å². The zero-order valence-electron chi connectivity index (χ0n) is 8.85. The first-order valence-corrected chi connectivity index (χ1v) is 11.5. The van der Waals surface area contributed by atoms with Crippen molar-refractivity contribution >= 4 is 28.1 Å². The van der Waals surface area contributed by atoms with Gasteiger partial charge in [0.25, 0.3) is 0 Å². The van der Waals surface area contributed by atoms with Crippen molar-refractivity contribution in [1.29, 1.82) is 0 Å². The van der Waals surface area contributed by atoms with Crippen molar-refractivity contribution in [2.45, 2.75) is 45.5 Å². The molecule has 0 unspecified atom stereocenters. The lowest BCUT2D eigenvalue weighted by molar-refractivity contribution is 0.415. The molecule has 0 rings (SSSR count). The van der Waals surface area contributed by atoms with E-state index in [1.54, 1.807) is 0 Å². The lowest BCUT2D eigenvalue weighted by Gasteiger charge is -2.26. The monoisotopic (exact) mass is 222 g/mol. The molecule has 0 saturated carbocycles. The normalized spacial score (nSPS) is 18.0. The van der Waals surface area contributed by atoms with Gasteiger partial charge in [-0.1, -0.05) is 32.9 Å². The third kappa shape index (κ3) is 5.26. The summed E-state index contributed by atoms with van der Waals surface area (Å²) in [6.07, 6.45) is 2.53. The average Bonchev–Trinajstić information content (AvgIpc) is 2.02. The highest BCUT2D eigenvalue weighted by Crippen LogP contribution is 2.15. The van der Waals surface area contributed by atoms with Crippen molar-refractivity contribution in [3.8, 4) is 0 Å². The summed E-state index contributed by atoms with van der Waals surface area (Å²) in [7, 11) is -2.21. The molecule has 0 atom stereocenters. The maximum atomic E-state index is 5.86. The Kier molecular flexibility index (Phi) is 7.35. The van der Waals surface area contributed by atoms with Crippen LogP contribution in [-0.2, 0) is 8.23 Å². The van der Waals surface area contributed by atoms with Gasteiger partial charge in [0.05, 0.1) is 0 Å². The molecule has 5 heteroatoms. The van der Waals surface area contributed by atoms with Crippen LogP contribution in [0.4, 0.5) is 0 Å². The van der Waals surface area contributed by atoms with E-state index in [2.05, 4.69) is 26.6 Å². The van der Waals surface area contributed by atoms with Gasteiger partial charge < -0.3 is 8.23 Å². The van der Waals surface area contributed by atoms with Gasteiger partial charge in [0.2, 0.25) is 0 Å². The van der Waals surface area contributed by atoms with Crippen molar-refractivity contribution in [3.63, 3.8) is 0 Å². The van der Waals surface area contributed by atoms with E-state index in [0.29, 0.717) is 0 Å². The smallest absolute Gasteiger partial charge is 0.313 e. The molecule has 0 amide bonds. The third-order valence-electron chi connectivity index (χ3n) is 1.88. The minimum absolute atomic E-state index is 0.279. The van der Waals surface area contributed by atoms with Gasteiger partial charge in [0, 0.05) is 0 Å². The Morgan fingerprint density at radius 3 is 2.00 bits per heavy atom. The zero-order valence-corrected chi connectivity index (χ0v) is 12.7. The van der Waals surface area contributed by atoms with Crippen LogP contribution < -0.4 is 0 Å². The molecule has 0 aromatic carbocycles. The second-order valence-corrected chi connectivity index (χ2v) is 9.34. The fourth-order valence-electron chi connectivity index (χ4n) is 1.29. The minimum atomic E-state index is -1.65. The maximum Gasteiger partial charge on any atom is 0.313 e. The van der Waals surface area contributed by atoms with Gasteiger partial charge >= 0.3 is 8.56 Å². The molecule has 0 spiro atoms. The quantitative estimate of drug-likeness (QED) is 0.602. The molecular formula is C7H22O2Si3. The molecule has 0 aliphatic rings. The summed E-state index contributed by atoms with van der Waals surface area (Å²) >= 11 is 0. The highest BCUT2D eigenvalue weighted by Gasteiger charge is 2.28. The first-order valence-electron chi connectivity index (χ1n) is 4.96. The van der Waals surface area contributed by atoms with Crippen molar-refractivity contribution in [3.05, 3.63) is 0 Å². The third-order valence-corrected chi connectivity index (χ3v) is 10.3. The van der Waals surface area contributed by atoms with E-state index in [9.17, 15) is 0 Å². The van der Waals surface area contributed by atoms with Gasteiger partial charge in [-0.25, -0.2) is 0 Å². The van der Waals surface area contributed by atoms with Crippen molar-refractivity contribution in [1.82, 2.24) is 0 Å². The van der Waals surface area contributed by atoms with Gasteiger partial charge in [-0.05, 0) is 12.6 Å². The molecule has 2 nitrogen and oxygen atoms in total. The first-order chi connectivity index (χ1) is 5.68. The molecule has 0 N–H and O–H groups in total. The first kappa shape index (κ1) is 12.6. The topological polar surface area (TPSA) is 18.5 Å². The lowest BCUT2D eigenvalue weighted by Crippen LogP contribution is -2.40. The van der Waals surface area contributed by atoms with Gasteiger partial charge in [-0.2, -0.15) is 0 Å². The van der Waals surface area contributed by atoms with Gasteiger partial charge in [-0.15, -0.1) is 0 Å². The van der Waals surface area contributed by atoms with Crippen molar-refractivity contribution in [2.75, 3.05) is 0 Å². The van der Waals surface area contributed by atoms with Crippen LogP contribution in [0.5, 0.6) is 0 Å². The number of unbranched alkanes of at least 4 members (excludes halogenated alkanes) is 1. The SMILES string of the molecule is CCCC[Si](C)(O[SiH2]C)O[SiH2]C. The van der Waals surface area contributed by atoms with Gasteiger partial charge in [0.1, 0.15) is 19.5 Å². The summed E-state index contributed by atoms with van der Waals surface area (Å²) in [6.45, 7) is 8.84. The fourth-order valence-corrected chi connectivity index (χ4v) is 9.41. The molecule has 0 bridgehead atoms. The molecular weight excluding hydrogens is 200 g/mol. The van der Waals surface area contributed by atoms with Crippen molar-refractivity contribution < 1.29 is 8.23 Å². The Labute approximate surface area is 82.2 Å². The largest absolute Gasteiger partial charge is 0.442 e. The van der Waals surface area contributed by atoms with E-state index in [1.807, 2.05) is 0 Å². The van der Waals surface area contributed by atoms with Gasteiger partial charge in [0.15, 0.2) is 0 Å². The minimum Gasteiger partial charge on any atom is -0.442 e. The molecule has 0 heterocycles. The van der Waals surface area contributed by atoms with Gasteiger partial charge in [-0.3, -0.25) is 0 Å². The molecule has 12 heavy (non-hydrogen) atoms. The Bertz CT molecular complexity index is 105. The fraction of sp³-hybridized carbons (Fsp3) is 1.00.